The summed E-state index contributed by atoms with van der Waals surface area (Å²) in [5.74, 6) is 0.290. The van der Waals surface area contributed by atoms with Crippen LogP contribution in [-0.4, -0.2) is 11.0 Å². The maximum Gasteiger partial charge on any atom is 0.311 e. The van der Waals surface area contributed by atoms with Crippen molar-refractivity contribution in [2.45, 2.75) is 32.9 Å². The third kappa shape index (κ3) is 3.95. The number of ether oxygens (including phenoxy) is 1. The van der Waals surface area contributed by atoms with Crippen LogP contribution in [0.25, 0.3) is 0 Å². The quantitative estimate of drug-likeness (QED) is 0.625. The number of anilines is 1. The number of thiophene rings is 1. The molecule has 1 aromatic carbocycles. The molecular weight excluding hydrogens is 288 g/mol. The summed E-state index contributed by atoms with van der Waals surface area (Å²) in [5.41, 5.74) is 0.787. The van der Waals surface area contributed by atoms with Crippen LogP contribution in [0, 0.1) is 10.1 Å². The Morgan fingerprint density at radius 2 is 2.05 bits per heavy atom. The van der Waals surface area contributed by atoms with E-state index in [2.05, 4.69) is 18.3 Å². The van der Waals surface area contributed by atoms with E-state index in [1.54, 1.807) is 23.5 Å². The monoisotopic (exact) mass is 306 g/mol. The molecule has 0 aliphatic carbocycles. The Balaban J connectivity index is 2.22. The normalized spacial score (nSPS) is 12.2. The van der Waals surface area contributed by atoms with Gasteiger partial charge in [-0.3, -0.25) is 10.1 Å². The summed E-state index contributed by atoms with van der Waals surface area (Å²) < 4.78 is 5.54. The van der Waals surface area contributed by atoms with Gasteiger partial charge in [0.1, 0.15) is 0 Å². The molecule has 0 amide bonds. The average Bonchev–Trinajstić information content (AvgIpc) is 2.91. The van der Waals surface area contributed by atoms with Crippen molar-refractivity contribution in [3.8, 4) is 5.75 Å². The van der Waals surface area contributed by atoms with Crippen molar-refractivity contribution in [1.29, 1.82) is 0 Å². The van der Waals surface area contributed by atoms with Gasteiger partial charge in [-0.2, -0.15) is 0 Å². The lowest BCUT2D eigenvalue weighted by molar-refractivity contribution is -0.386. The van der Waals surface area contributed by atoms with Crippen LogP contribution >= 0.6 is 11.3 Å². The van der Waals surface area contributed by atoms with Crippen LogP contribution in [0.3, 0.4) is 0 Å². The van der Waals surface area contributed by atoms with Crippen LogP contribution in [0.4, 0.5) is 11.4 Å². The summed E-state index contributed by atoms with van der Waals surface area (Å²) in [6.07, 6.45) is -0.117. The van der Waals surface area contributed by atoms with Gasteiger partial charge in [0.2, 0.25) is 0 Å². The van der Waals surface area contributed by atoms with E-state index in [1.807, 2.05) is 25.3 Å². The van der Waals surface area contributed by atoms with Crippen LogP contribution < -0.4 is 10.1 Å². The predicted molar refractivity (Wildman–Crippen MR) is 85.2 cm³/mol. The zero-order chi connectivity index (χ0) is 15.4. The number of nitrogens with one attached hydrogen (secondary N) is 1. The van der Waals surface area contributed by atoms with Crippen LogP contribution in [0.15, 0.2) is 35.7 Å². The molecule has 2 aromatic rings. The molecule has 0 bridgehead atoms. The van der Waals surface area contributed by atoms with E-state index in [4.69, 9.17) is 4.74 Å². The van der Waals surface area contributed by atoms with E-state index in [0.29, 0.717) is 5.75 Å². The highest BCUT2D eigenvalue weighted by molar-refractivity contribution is 7.10. The highest BCUT2D eigenvalue weighted by atomic mass is 32.1. The minimum Gasteiger partial charge on any atom is -0.484 e. The molecule has 112 valence electrons. The van der Waals surface area contributed by atoms with Crippen molar-refractivity contribution in [1.82, 2.24) is 0 Å². The van der Waals surface area contributed by atoms with E-state index in [-0.39, 0.29) is 17.8 Å². The first-order valence-corrected chi connectivity index (χ1v) is 7.60. The van der Waals surface area contributed by atoms with Gasteiger partial charge in [0.25, 0.3) is 0 Å². The molecule has 0 saturated heterocycles. The van der Waals surface area contributed by atoms with Gasteiger partial charge in [-0.1, -0.05) is 6.07 Å². The van der Waals surface area contributed by atoms with Crippen molar-refractivity contribution in [2.24, 2.45) is 0 Å². The summed E-state index contributed by atoms with van der Waals surface area (Å²) in [6, 6.07) is 9.05. The first kappa shape index (κ1) is 15.3. The third-order valence-corrected chi connectivity index (χ3v) is 3.93. The third-order valence-electron chi connectivity index (χ3n) is 2.87. The summed E-state index contributed by atoms with van der Waals surface area (Å²) in [5, 5.41) is 16.4. The lowest BCUT2D eigenvalue weighted by Crippen LogP contribution is -2.09. The van der Waals surface area contributed by atoms with Crippen LogP contribution in [0.2, 0.25) is 0 Å². The van der Waals surface area contributed by atoms with Crippen molar-refractivity contribution < 1.29 is 9.66 Å². The molecule has 0 spiro atoms. The number of benzene rings is 1. The van der Waals surface area contributed by atoms with Gasteiger partial charge in [-0.05, 0) is 38.3 Å². The Hall–Kier alpha value is -2.08. The average molecular weight is 306 g/mol. The first-order valence-electron chi connectivity index (χ1n) is 6.72. The van der Waals surface area contributed by atoms with Gasteiger partial charge in [0.15, 0.2) is 5.75 Å². The Morgan fingerprint density at radius 3 is 2.62 bits per heavy atom. The fourth-order valence-electron chi connectivity index (χ4n) is 1.96. The van der Waals surface area contributed by atoms with Gasteiger partial charge in [0, 0.05) is 22.7 Å². The van der Waals surface area contributed by atoms with Crippen LogP contribution in [0.5, 0.6) is 5.75 Å². The summed E-state index contributed by atoms with van der Waals surface area (Å²) in [6.45, 7) is 5.74. The second kappa shape index (κ2) is 6.58. The molecule has 0 fully saturated rings. The molecule has 21 heavy (non-hydrogen) atoms. The molecule has 0 aliphatic heterocycles. The Morgan fingerprint density at radius 1 is 1.29 bits per heavy atom. The largest absolute Gasteiger partial charge is 0.484 e. The van der Waals surface area contributed by atoms with Crippen LogP contribution in [0.1, 0.15) is 31.7 Å². The van der Waals surface area contributed by atoms with Gasteiger partial charge < -0.3 is 10.1 Å². The van der Waals surface area contributed by atoms with E-state index in [9.17, 15) is 10.1 Å². The van der Waals surface area contributed by atoms with Gasteiger partial charge >= 0.3 is 5.69 Å². The predicted octanol–water partition coefficient (Wildman–Crippen LogP) is 4.62. The Labute approximate surface area is 127 Å². The Kier molecular flexibility index (Phi) is 4.80. The SMILES string of the molecule is CC(C)Oc1cc(NC(C)c2cccs2)ccc1[N+](=O)[O-]. The highest BCUT2D eigenvalue weighted by Gasteiger charge is 2.17. The van der Waals surface area contributed by atoms with Crippen molar-refractivity contribution in [3.63, 3.8) is 0 Å². The fraction of sp³-hybridized carbons (Fsp3) is 0.333. The van der Waals surface area contributed by atoms with E-state index < -0.39 is 4.92 Å². The van der Waals surface area contributed by atoms with E-state index >= 15 is 0 Å². The molecule has 2 rings (SSSR count). The minimum atomic E-state index is -0.426. The Bertz CT molecular complexity index is 611. The zero-order valence-electron chi connectivity index (χ0n) is 12.2. The fourth-order valence-corrected chi connectivity index (χ4v) is 2.70. The molecule has 1 atom stereocenters. The number of rotatable bonds is 6. The number of hydrogen-bond acceptors (Lipinski definition) is 5. The summed E-state index contributed by atoms with van der Waals surface area (Å²) in [4.78, 5) is 11.8. The molecule has 5 nitrogen and oxygen atoms in total. The highest BCUT2D eigenvalue weighted by Crippen LogP contribution is 2.32. The molecule has 0 radical (unpaired) electrons. The summed E-state index contributed by atoms with van der Waals surface area (Å²) in [7, 11) is 0. The van der Waals surface area contributed by atoms with Gasteiger partial charge in [-0.25, -0.2) is 0 Å². The van der Waals surface area contributed by atoms with Crippen molar-refractivity contribution in [2.75, 3.05) is 5.32 Å². The number of nitrogens with zero attached hydrogens (tertiary/aromatic N) is 1. The zero-order valence-corrected chi connectivity index (χ0v) is 13.0. The molecule has 0 saturated carbocycles. The molecule has 1 N–H and O–H groups in total. The minimum absolute atomic E-state index is 0.0157. The summed E-state index contributed by atoms with van der Waals surface area (Å²) >= 11 is 1.67. The maximum absolute atomic E-state index is 11.0. The molecular formula is C15H18N2O3S. The van der Waals surface area contributed by atoms with E-state index in [0.717, 1.165) is 5.69 Å². The van der Waals surface area contributed by atoms with Crippen molar-refractivity contribution >= 4 is 22.7 Å². The maximum atomic E-state index is 11.0. The molecule has 1 aromatic heterocycles. The second-order valence-corrected chi connectivity index (χ2v) is 5.97. The first-order chi connectivity index (χ1) is 9.97. The number of nitro groups is 1. The molecule has 6 heteroatoms. The lowest BCUT2D eigenvalue weighted by Gasteiger charge is -2.16. The molecule has 1 unspecified atom stereocenters. The number of hydrogen-bond donors (Lipinski definition) is 1. The molecule has 1 heterocycles. The lowest BCUT2D eigenvalue weighted by atomic mass is 10.2. The smallest absolute Gasteiger partial charge is 0.311 e. The van der Waals surface area contributed by atoms with Gasteiger partial charge in [-0.15, -0.1) is 11.3 Å². The standard InChI is InChI=1S/C15H18N2O3S/c1-10(2)20-14-9-12(6-7-13(14)17(18)19)16-11(3)15-5-4-8-21-15/h4-11,16H,1-3H3. The van der Waals surface area contributed by atoms with E-state index in [1.165, 1.54) is 10.9 Å². The van der Waals surface area contributed by atoms with Crippen molar-refractivity contribution in [3.05, 3.63) is 50.7 Å². The van der Waals surface area contributed by atoms with Gasteiger partial charge in [0.05, 0.1) is 17.1 Å². The second-order valence-electron chi connectivity index (χ2n) is 4.99. The molecule has 0 aliphatic rings. The van der Waals surface area contributed by atoms with Crippen LogP contribution in [-0.2, 0) is 0 Å². The number of nitro benzene ring substituents is 1. The topological polar surface area (TPSA) is 64.4 Å².